The lowest BCUT2D eigenvalue weighted by atomic mass is 9.96. The molecule has 1 saturated heterocycles. The number of carbonyl (C=O) groups is 2. The van der Waals surface area contributed by atoms with E-state index in [9.17, 15) is 9.59 Å². The van der Waals surface area contributed by atoms with Crippen LogP contribution in [0.3, 0.4) is 0 Å². The van der Waals surface area contributed by atoms with Crippen LogP contribution in [0.5, 0.6) is 5.75 Å². The first-order valence-corrected chi connectivity index (χ1v) is 9.66. The third-order valence-corrected chi connectivity index (χ3v) is 5.01. The SMILES string of the molecule is NC(=O)C1CCN(Cc2cccc(NC(=O)COc3cccc(Cl)c3)c2)CC1. The molecule has 2 aromatic carbocycles. The van der Waals surface area contributed by atoms with Crippen LogP contribution >= 0.6 is 11.6 Å². The van der Waals surface area contributed by atoms with E-state index in [1.54, 1.807) is 24.3 Å². The Balaban J connectivity index is 1.49. The van der Waals surface area contributed by atoms with E-state index in [2.05, 4.69) is 10.2 Å². The molecule has 3 rings (SSSR count). The summed E-state index contributed by atoms with van der Waals surface area (Å²) in [6.45, 7) is 2.37. The van der Waals surface area contributed by atoms with Gasteiger partial charge in [0.2, 0.25) is 5.91 Å². The number of hydrogen-bond donors (Lipinski definition) is 2. The smallest absolute Gasteiger partial charge is 0.262 e. The second-order valence-electron chi connectivity index (χ2n) is 6.95. The van der Waals surface area contributed by atoms with E-state index in [4.69, 9.17) is 22.1 Å². The first kappa shape index (κ1) is 20.2. The van der Waals surface area contributed by atoms with Gasteiger partial charge in [0.15, 0.2) is 6.61 Å². The molecule has 0 bridgehead atoms. The van der Waals surface area contributed by atoms with Crippen LogP contribution in [-0.4, -0.2) is 36.4 Å². The van der Waals surface area contributed by atoms with Crippen LogP contribution in [-0.2, 0) is 16.1 Å². The van der Waals surface area contributed by atoms with Gasteiger partial charge in [0.1, 0.15) is 5.75 Å². The topological polar surface area (TPSA) is 84.7 Å². The van der Waals surface area contributed by atoms with Gasteiger partial charge in [-0.25, -0.2) is 0 Å². The highest BCUT2D eigenvalue weighted by Crippen LogP contribution is 2.20. The number of anilines is 1. The number of likely N-dealkylation sites (tertiary alicyclic amines) is 1. The maximum absolute atomic E-state index is 12.1. The van der Waals surface area contributed by atoms with E-state index in [-0.39, 0.29) is 24.3 Å². The molecule has 0 radical (unpaired) electrons. The van der Waals surface area contributed by atoms with Crippen molar-refractivity contribution in [2.75, 3.05) is 25.0 Å². The molecule has 6 nitrogen and oxygen atoms in total. The molecule has 2 amide bonds. The van der Waals surface area contributed by atoms with E-state index in [1.165, 1.54) is 0 Å². The number of carbonyl (C=O) groups excluding carboxylic acids is 2. The van der Waals surface area contributed by atoms with Crippen LogP contribution in [0.2, 0.25) is 5.02 Å². The molecular formula is C21H24ClN3O3. The molecule has 0 atom stereocenters. The first-order valence-electron chi connectivity index (χ1n) is 9.28. The van der Waals surface area contributed by atoms with Crippen molar-refractivity contribution in [1.82, 2.24) is 4.90 Å². The second-order valence-corrected chi connectivity index (χ2v) is 7.38. The number of nitrogens with two attached hydrogens (primary N) is 1. The predicted molar refractivity (Wildman–Crippen MR) is 109 cm³/mol. The molecule has 28 heavy (non-hydrogen) atoms. The van der Waals surface area contributed by atoms with E-state index in [0.29, 0.717) is 10.8 Å². The quantitative estimate of drug-likeness (QED) is 0.746. The molecule has 0 saturated carbocycles. The summed E-state index contributed by atoms with van der Waals surface area (Å²) in [5.41, 5.74) is 7.22. The highest BCUT2D eigenvalue weighted by Gasteiger charge is 2.22. The zero-order valence-corrected chi connectivity index (χ0v) is 16.3. The highest BCUT2D eigenvalue weighted by atomic mass is 35.5. The number of benzene rings is 2. The summed E-state index contributed by atoms with van der Waals surface area (Å²) in [6.07, 6.45) is 1.60. The van der Waals surface area contributed by atoms with Crippen molar-refractivity contribution >= 4 is 29.1 Å². The Hall–Kier alpha value is -2.57. The van der Waals surface area contributed by atoms with Crippen LogP contribution in [0.1, 0.15) is 18.4 Å². The van der Waals surface area contributed by atoms with Crippen LogP contribution < -0.4 is 15.8 Å². The molecule has 1 aliphatic heterocycles. The van der Waals surface area contributed by atoms with Crippen molar-refractivity contribution in [3.8, 4) is 5.75 Å². The Morgan fingerprint density at radius 2 is 1.89 bits per heavy atom. The maximum atomic E-state index is 12.1. The van der Waals surface area contributed by atoms with Crippen LogP contribution in [0.25, 0.3) is 0 Å². The fourth-order valence-corrected chi connectivity index (χ4v) is 3.46. The number of primary amides is 1. The zero-order chi connectivity index (χ0) is 19.9. The average molecular weight is 402 g/mol. The molecule has 0 aliphatic carbocycles. The molecule has 2 aromatic rings. The van der Waals surface area contributed by atoms with Gasteiger partial charge in [-0.05, 0) is 61.8 Å². The molecule has 0 spiro atoms. The standard InChI is InChI=1S/C21H24ClN3O3/c22-17-4-2-6-19(12-17)28-14-20(26)24-18-5-1-3-15(11-18)13-25-9-7-16(8-10-25)21(23)27/h1-6,11-12,16H,7-10,13-14H2,(H2,23,27)(H,24,26). The van der Waals surface area contributed by atoms with Crippen molar-refractivity contribution in [2.24, 2.45) is 11.7 Å². The number of halogens is 1. The van der Waals surface area contributed by atoms with E-state index < -0.39 is 0 Å². The summed E-state index contributed by atoms with van der Waals surface area (Å²) < 4.78 is 5.46. The van der Waals surface area contributed by atoms with Gasteiger partial charge in [0.05, 0.1) is 0 Å². The van der Waals surface area contributed by atoms with E-state index in [0.717, 1.165) is 43.7 Å². The first-order chi connectivity index (χ1) is 13.5. The van der Waals surface area contributed by atoms with Crippen molar-refractivity contribution in [2.45, 2.75) is 19.4 Å². The van der Waals surface area contributed by atoms with Gasteiger partial charge in [-0.15, -0.1) is 0 Å². The van der Waals surface area contributed by atoms with Gasteiger partial charge in [0.25, 0.3) is 5.91 Å². The minimum Gasteiger partial charge on any atom is -0.484 e. The lowest BCUT2D eigenvalue weighted by molar-refractivity contribution is -0.123. The van der Waals surface area contributed by atoms with Gasteiger partial charge < -0.3 is 15.8 Å². The summed E-state index contributed by atoms with van der Waals surface area (Å²) in [5.74, 6) is 0.0980. The van der Waals surface area contributed by atoms with Gasteiger partial charge in [-0.2, -0.15) is 0 Å². The molecule has 148 valence electrons. The Morgan fingerprint density at radius 3 is 2.61 bits per heavy atom. The maximum Gasteiger partial charge on any atom is 0.262 e. The van der Waals surface area contributed by atoms with Gasteiger partial charge in [-0.1, -0.05) is 29.8 Å². The fourth-order valence-electron chi connectivity index (χ4n) is 3.28. The molecule has 7 heteroatoms. The summed E-state index contributed by atoms with van der Waals surface area (Å²) in [6, 6.07) is 14.7. The highest BCUT2D eigenvalue weighted by molar-refractivity contribution is 6.30. The number of nitrogens with one attached hydrogen (secondary N) is 1. The minimum atomic E-state index is -0.237. The molecule has 1 fully saturated rings. The number of rotatable bonds is 7. The third-order valence-electron chi connectivity index (χ3n) is 4.77. The number of amides is 2. The Kier molecular flexibility index (Phi) is 6.90. The van der Waals surface area contributed by atoms with Crippen molar-refractivity contribution in [3.63, 3.8) is 0 Å². The minimum absolute atomic E-state index is 0.0126. The number of ether oxygens (including phenoxy) is 1. The van der Waals surface area contributed by atoms with E-state index in [1.807, 2.05) is 24.3 Å². The fraction of sp³-hybridized carbons (Fsp3) is 0.333. The van der Waals surface area contributed by atoms with E-state index >= 15 is 0 Å². The summed E-state index contributed by atoms with van der Waals surface area (Å²) in [4.78, 5) is 25.7. The molecule has 0 unspecified atom stereocenters. The van der Waals surface area contributed by atoms with Crippen molar-refractivity contribution < 1.29 is 14.3 Å². The summed E-state index contributed by atoms with van der Waals surface area (Å²) in [7, 11) is 0. The van der Waals surface area contributed by atoms with Crippen molar-refractivity contribution in [3.05, 3.63) is 59.1 Å². The molecule has 1 heterocycles. The van der Waals surface area contributed by atoms with Crippen LogP contribution in [0, 0.1) is 5.92 Å². The van der Waals surface area contributed by atoms with Crippen LogP contribution in [0.15, 0.2) is 48.5 Å². The average Bonchev–Trinajstić information content (AvgIpc) is 2.67. The largest absolute Gasteiger partial charge is 0.484 e. The Labute approximate surface area is 169 Å². The molecule has 3 N–H and O–H groups in total. The van der Waals surface area contributed by atoms with Crippen LogP contribution in [0.4, 0.5) is 5.69 Å². The van der Waals surface area contributed by atoms with Gasteiger partial charge in [-0.3, -0.25) is 14.5 Å². The molecule has 0 aromatic heterocycles. The van der Waals surface area contributed by atoms with Gasteiger partial charge in [0, 0.05) is 23.2 Å². The Morgan fingerprint density at radius 1 is 1.14 bits per heavy atom. The molecular weight excluding hydrogens is 378 g/mol. The lowest BCUT2D eigenvalue weighted by Crippen LogP contribution is -2.38. The zero-order valence-electron chi connectivity index (χ0n) is 15.6. The molecule has 1 aliphatic rings. The number of piperidine rings is 1. The number of hydrogen-bond acceptors (Lipinski definition) is 4. The lowest BCUT2D eigenvalue weighted by Gasteiger charge is -2.30. The normalized spacial score (nSPS) is 15.2. The predicted octanol–water partition coefficient (Wildman–Crippen LogP) is 3.05. The third kappa shape index (κ3) is 5.97. The second kappa shape index (κ2) is 9.57. The number of nitrogens with zero attached hydrogens (tertiary/aromatic N) is 1. The Bertz CT molecular complexity index is 835. The summed E-state index contributed by atoms with van der Waals surface area (Å²) in [5, 5.41) is 3.41. The van der Waals surface area contributed by atoms with Gasteiger partial charge >= 0.3 is 0 Å². The summed E-state index contributed by atoms with van der Waals surface area (Å²) >= 11 is 5.90. The van der Waals surface area contributed by atoms with Crippen molar-refractivity contribution in [1.29, 1.82) is 0 Å². The monoisotopic (exact) mass is 401 g/mol.